The van der Waals surface area contributed by atoms with Crippen molar-refractivity contribution in [2.75, 3.05) is 33.0 Å². The lowest BCUT2D eigenvalue weighted by Gasteiger charge is -2.52. The van der Waals surface area contributed by atoms with E-state index >= 15 is 0 Å². The van der Waals surface area contributed by atoms with Crippen molar-refractivity contribution >= 4 is 29.7 Å². The average Bonchev–Trinajstić information content (AvgIpc) is 1.72. The van der Waals surface area contributed by atoms with Crippen molar-refractivity contribution in [1.29, 1.82) is 0 Å². The van der Waals surface area contributed by atoms with E-state index in [-0.39, 0.29) is 64.0 Å². The van der Waals surface area contributed by atoms with Crippen molar-refractivity contribution < 1.29 is 100 Å². The molecule has 5 heterocycles. The van der Waals surface area contributed by atoms with Crippen molar-refractivity contribution in [3.8, 4) is 0 Å². The van der Waals surface area contributed by atoms with Crippen LogP contribution in [0.3, 0.4) is 0 Å². The molecule has 6 aromatic rings. The molecule has 1 N–H and O–H groups in total. The normalized spacial score (nSPS) is 28.8. The van der Waals surface area contributed by atoms with Gasteiger partial charge in [-0.25, -0.2) is 0 Å². The number of aliphatic hydroxyl groups excluding tert-OH is 1. The maximum absolute atomic E-state index is 14.9. The van der Waals surface area contributed by atoms with Crippen LogP contribution in [0.1, 0.15) is 75.6 Å². The Morgan fingerprint density at radius 3 is 1.45 bits per heavy atom. The number of aliphatic hydroxyl groups is 1. The van der Waals surface area contributed by atoms with E-state index in [2.05, 4.69) is 0 Å². The molecule has 4 fully saturated rings. The molecule has 5 aliphatic rings. The molecule has 0 aromatic heterocycles. The van der Waals surface area contributed by atoms with Crippen molar-refractivity contribution in [3.05, 3.63) is 215 Å². The fourth-order valence-corrected chi connectivity index (χ4v) is 11.8. The zero-order chi connectivity index (χ0) is 63.2. The summed E-state index contributed by atoms with van der Waals surface area (Å²) in [6.45, 7) is 2.12. The number of fused-ring (bicyclic) bond motifs is 2. The summed E-state index contributed by atoms with van der Waals surface area (Å²) in [5.41, 5.74) is 4.01. The summed E-state index contributed by atoms with van der Waals surface area (Å²) >= 11 is 0. The van der Waals surface area contributed by atoms with Gasteiger partial charge < -0.3 is 76.2 Å². The average molecular weight is 1250 g/mol. The van der Waals surface area contributed by atoms with Gasteiger partial charge in [-0.3, -0.25) is 28.9 Å². The maximum Gasteiger partial charge on any atom is 0.303 e. The first-order valence-electron chi connectivity index (χ1n) is 30.3. The largest absolute Gasteiger partial charge is 0.463 e. The summed E-state index contributed by atoms with van der Waals surface area (Å²) in [6.07, 6.45) is -19.1. The van der Waals surface area contributed by atoms with E-state index in [9.17, 15) is 29.1 Å². The highest BCUT2D eigenvalue weighted by Crippen LogP contribution is 2.42. The van der Waals surface area contributed by atoms with Gasteiger partial charge in [0.2, 0.25) is 0 Å². The predicted octanol–water partition coefficient (Wildman–Crippen LogP) is 7.12. The van der Waals surface area contributed by atoms with E-state index in [1.807, 2.05) is 152 Å². The molecule has 91 heavy (non-hydrogen) atoms. The summed E-state index contributed by atoms with van der Waals surface area (Å²) in [5.74, 6) is -4.13. The van der Waals surface area contributed by atoms with Crippen molar-refractivity contribution in [2.45, 2.75) is 146 Å². The fraction of sp³-hybridized carbons (Fsp3) is 0.406. The minimum atomic E-state index is -1.87. The van der Waals surface area contributed by atoms with Gasteiger partial charge in [-0.05, 0) is 34.4 Å². The van der Waals surface area contributed by atoms with Gasteiger partial charge in [0.15, 0.2) is 37.4 Å². The van der Waals surface area contributed by atoms with Crippen LogP contribution in [0.25, 0.3) is 0 Å². The summed E-state index contributed by atoms with van der Waals surface area (Å²) in [6, 6.07) is 51.6. The molecule has 11 rings (SSSR count). The molecule has 0 spiro atoms. The molecule has 22 nitrogen and oxygen atoms in total. The first kappa shape index (κ1) is 64.9. The van der Waals surface area contributed by atoms with Crippen LogP contribution in [0.2, 0.25) is 0 Å². The Morgan fingerprint density at radius 2 is 0.923 bits per heavy atom. The Morgan fingerprint density at radius 1 is 0.462 bits per heavy atom. The smallest absolute Gasteiger partial charge is 0.303 e. The first-order chi connectivity index (χ1) is 44.4. The first-order valence-corrected chi connectivity index (χ1v) is 30.3. The van der Waals surface area contributed by atoms with Crippen molar-refractivity contribution in [1.82, 2.24) is 4.90 Å². The van der Waals surface area contributed by atoms with E-state index in [1.54, 1.807) is 12.1 Å². The van der Waals surface area contributed by atoms with Crippen LogP contribution >= 0.6 is 0 Å². The second-order valence-electron chi connectivity index (χ2n) is 22.3. The van der Waals surface area contributed by atoms with Gasteiger partial charge in [0.1, 0.15) is 67.6 Å². The van der Waals surface area contributed by atoms with E-state index in [4.69, 9.17) is 71.1 Å². The van der Waals surface area contributed by atoms with Gasteiger partial charge in [-0.15, -0.1) is 0 Å². The molecule has 0 unspecified atom stereocenters. The quantitative estimate of drug-likeness (QED) is 0.0322. The van der Waals surface area contributed by atoms with E-state index in [1.165, 1.54) is 12.1 Å². The highest BCUT2D eigenvalue weighted by molar-refractivity contribution is 6.21. The summed E-state index contributed by atoms with van der Waals surface area (Å²) in [4.78, 5) is 69.8. The zero-order valence-electron chi connectivity index (χ0n) is 50.4. The van der Waals surface area contributed by atoms with Crippen molar-refractivity contribution in [3.63, 3.8) is 0 Å². The minimum Gasteiger partial charge on any atom is -0.463 e. The SMILES string of the molecule is CC(=O)OC[C@H]1O[C@@H](O[C@@H]2[C@@H](OC[C@H]3O[C@@H](OCCO)[C@H](OCc4ccccc4)[C@@H](OCc4ccccc4)[C@@H]3OCc3ccccc3)O[C@@H]3CO[C@@H](c4ccccc4)O[C@H]3[C@@H]2OCc2ccccc2)[C@H](N2C(=O)c3ccccc3C2=O)[C@@H](OC(C)=O)[C@@H]1OC(C)=O. The molecule has 480 valence electrons. The van der Waals surface area contributed by atoms with Gasteiger partial charge in [0.25, 0.3) is 11.8 Å². The fourth-order valence-electron chi connectivity index (χ4n) is 11.8. The third-order valence-electron chi connectivity index (χ3n) is 16.0. The Kier molecular flexibility index (Phi) is 22.2. The summed E-state index contributed by atoms with van der Waals surface area (Å²) in [5, 5.41) is 10.3. The molecule has 0 aliphatic carbocycles. The molecule has 2 amide bonds. The van der Waals surface area contributed by atoms with E-state index in [0.717, 1.165) is 47.9 Å². The van der Waals surface area contributed by atoms with Crippen LogP contribution in [0.5, 0.6) is 0 Å². The predicted molar refractivity (Wildman–Crippen MR) is 318 cm³/mol. The highest BCUT2D eigenvalue weighted by atomic mass is 16.8. The van der Waals surface area contributed by atoms with Gasteiger partial charge in [-0.2, -0.15) is 0 Å². The third-order valence-corrected chi connectivity index (χ3v) is 16.0. The van der Waals surface area contributed by atoms with Crippen LogP contribution < -0.4 is 0 Å². The number of hydrogen-bond donors (Lipinski definition) is 1. The number of amides is 2. The lowest BCUT2D eigenvalue weighted by Crippen LogP contribution is -2.70. The number of ether oxygens (including phenoxy) is 15. The topological polar surface area (TPSA) is 247 Å². The number of carbonyl (C=O) groups is 5. The summed E-state index contributed by atoms with van der Waals surface area (Å²) in [7, 11) is 0. The minimum absolute atomic E-state index is 0.0205. The molecular weight excluding hydrogens is 1180 g/mol. The summed E-state index contributed by atoms with van der Waals surface area (Å²) < 4.78 is 99.8. The maximum atomic E-state index is 14.9. The molecule has 16 atom stereocenters. The second-order valence-corrected chi connectivity index (χ2v) is 22.3. The molecule has 22 heteroatoms. The number of imide groups is 1. The molecule has 6 aromatic carbocycles. The second kappa shape index (κ2) is 31.1. The van der Waals surface area contributed by atoms with Gasteiger partial charge in [0.05, 0.1) is 64.0 Å². The van der Waals surface area contributed by atoms with Crippen LogP contribution in [-0.2, 0) is 112 Å². The van der Waals surface area contributed by atoms with Gasteiger partial charge in [0, 0.05) is 26.3 Å². The lowest BCUT2D eigenvalue weighted by molar-refractivity contribution is -0.398. The standard InChI is InChI=1S/C69H73NO21/c1-42(72)78-39-53-57(85-43(2)73)59(86-44(3)74)55(70-64(75)50-31-19-20-32-51(50)65(70)76)67(87-53)91-63-61(81-37-47-25-13-6-14-26-47)58-54(41-83-66(90-58)49-29-17-8-18-30-49)89-69(63)84-40-52-56(79-35-45-21-9-4-10-22-45)60(80-36-46-23-11-5-12-24-46)62(68(88-52)77-34-33-71)82-38-48-27-15-7-16-28-48/h4-32,52-63,66-69,71H,33-41H2,1-3H3/t52-,53-,54-,55-,56-,57-,58-,59-,60+,61+,62-,63+,66-,67+,68-,69+/m1/s1. The number of carbonyl (C=O) groups excluding carboxylic acids is 5. The molecular formula is C69H73NO21. The highest BCUT2D eigenvalue weighted by Gasteiger charge is 2.61. The number of rotatable bonds is 26. The zero-order valence-corrected chi connectivity index (χ0v) is 50.4. The third kappa shape index (κ3) is 16.0. The molecule has 5 aliphatic heterocycles. The number of nitrogens with zero attached hydrogens (tertiary/aromatic N) is 1. The van der Waals surface area contributed by atoms with Gasteiger partial charge in [-0.1, -0.05) is 164 Å². The van der Waals surface area contributed by atoms with Gasteiger partial charge >= 0.3 is 17.9 Å². The molecule has 0 radical (unpaired) electrons. The van der Waals surface area contributed by atoms with Crippen LogP contribution in [-0.4, -0.2) is 165 Å². The molecule has 4 saturated heterocycles. The van der Waals surface area contributed by atoms with E-state index < -0.39 is 135 Å². The van der Waals surface area contributed by atoms with Crippen molar-refractivity contribution in [2.24, 2.45) is 0 Å². The molecule has 0 saturated carbocycles. The number of hydrogen-bond acceptors (Lipinski definition) is 21. The Bertz CT molecular complexity index is 3300. The van der Waals surface area contributed by atoms with Crippen LogP contribution in [0, 0.1) is 0 Å². The molecule has 0 bridgehead atoms. The number of esters is 3. The lowest BCUT2D eigenvalue weighted by atomic mass is 9.93. The van der Waals surface area contributed by atoms with Crippen LogP contribution in [0.4, 0.5) is 0 Å². The van der Waals surface area contributed by atoms with E-state index in [0.29, 0.717) is 5.56 Å². The Balaban J connectivity index is 1.02. The monoisotopic (exact) mass is 1250 g/mol. The number of benzene rings is 6. The Labute approximate surface area is 526 Å². The Hall–Kier alpha value is -7.65. The van der Waals surface area contributed by atoms with Crippen LogP contribution in [0.15, 0.2) is 176 Å².